The van der Waals surface area contributed by atoms with Gasteiger partial charge in [-0.3, -0.25) is 4.79 Å². The Morgan fingerprint density at radius 3 is 2.75 bits per heavy atom. The molecular formula is C22H27ClN2O2S. The number of carbonyl (C=O) groups is 1. The van der Waals surface area contributed by atoms with Gasteiger partial charge in [-0.2, -0.15) is 0 Å². The van der Waals surface area contributed by atoms with E-state index in [2.05, 4.69) is 36.2 Å². The molecule has 6 heteroatoms. The Balaban J connectivity index is 1.82. The highest BCUT2D eigenvalue weighted by Crippen LogP contribution is 2.32. The molecular weight excluding hydrogens is 392 g/mol. The van der Waals surface area contributed by atoms with E-state index in [1.54, 1.807) is 11.8 Å². The Kier molecular flexibility index (Phi) is 7.27. The van der Waals surface area contributed by atoms with Gasteiger partial charge in [-0.15, -0.1) is 11.8 Å². The summed E-state index contributed by atoms with van der Waals surface area (Å²) in [5.41, 5.74) is 3.96. The number of hydrogen-bond acceptors (Lipinski definition) is 4. The predicted octanol–water partition coefficient (Wildman–Crippen LogP) is 4.92. The minimum absolute atomic E-state index is 0.0371. The fraction of sp³-hybridized carbons (Fsp3) is 0.409. The van der Waals surface area contributed by atoms with Crippen molar-refractivity contribution >= 4 is 35.0 Å². The highest BCUT2D eigenvalue weighted by Gasteiger charge is 2.22. The van der Waals surface area contributed by atoms with Crippen LogP contribution in [0.2, 0.25) is 5.02 Å². The van der Waals surface area contributed by atoms with Crippen LogP contribution in [0.1, 0.15) is 35.3 Å². The number of nitrogens with zero attached hydrogens (tertiary/aromatic N) is 1. The molecule has 0 aliphatic carbocycles. The number of thioether (sulfide) groups is 1. The SMILES string of the molecule is CCSc1cc(N2CCOC[C@H]2C)cc(C)c1C(=O)NCc1ccc(Cl)cc1. The van der Waals surface area contributed by atoms with Crippen molar-refractivity contribution in [2.75, 3.05) is 30.4 Å². The molecule has 1 saturated heterocycles. The molecule has 0 aromatic heterocycles. The van der Waals surface area contributed by atoms with E-state index >= 15 is 0 Å². The van der Waals surface area contributed by atoms with Crippen LogP contribution in [0.3, 0.4) is 0 Å². The number of ether oxygens (including phenoxy) is 1. The Morgan fingerprint density at radius 1 is 1.32 bits per heavy atom. The number of benzene rings is 2. The number of amides is 1. The summed E-state index contributed by atoms with van der Waals surface area (Å²) in [6.45, 7) is 9.13. The number of aryl methyl sites for hydroxylation is 1. The monoisotopic (exact) mass is 418 g/mol. The van der Waals surface area contributed by atoms with E-state index in [-0.39, 0.29) is 5.91 Å². The lowest BCUT2D eigenvalue weighted by Crippen LogP contribution is -2.43. The van der Waals surface area contributed by atoms with Crippen LogP contribution in [0.4, 0.5) is 5.69 Å². The molecule has 1 amide bonds. The van der Waals surface area contributed by atoms with Crippen LogP contribution in [-0.4, -0.2) is 37.5 Å². The summed E-state index contributed by atoms with van der Waals surface area (Å²) in [6.07, 6.45) is 0. The summed E-state index contributed by atoms with van der Waals surface area (Å²) in [4.78, 5) is 16.4. The second-order valence-corrected chi connectivity index (χ2v) is 8.74. The highest BCUT2D eigenvalue weighted by atomic mass is 35.5. The van der Waals surface area contributed by atoms with Crippen LogP contribution >= 0.6 is 23.4 Å². The second kappa shape index (κ2) is 9.68. The van der Waals surface area contributed by atoms with Gasteiger partial charge < -0.3 is 15.0 Å². The number of rotatable bonds is 6. The maximum Gasteiger partial charge on any atom is 0.252 e. The van der Waals surface area contributed by atoms with Crippen molar-refractivity contribution in [1.29, 1.82) is 0 Å². The minimum Gasteiger partial charge on any atom is -0.377 e. The fourth-order valence-corrected chi connectivity index (χ4v) is 4.49. The van der Waals surface area contributed by atoms with Gasteiger partial charge in [0.25, 0.3) is 5.91 Å². The zero-order valence-electron chi connectivity index (χ0n) is 16.6. The largest absolute Gasteiger partial charge is 0.377 e. The van der Waals surface area contributed by atoms with Crippen LogP contribution in [0.15, 0.2) is 41.3 Å². The van der Waals surface area contributed by atoms with Gasteiger partial charge in [0.05, 0.1) is 18.8 Å². The number of anilines is 1. The molecule has 1 aliphatic rings. The fourth-order valence-electron chi connectivity index (χ4n) is 3.45. The normalized spacial score (nSPS) is 16.9. The smallest absolute Gasteiger partial charge is 0.252 e. The third-order valence-electron chi connectivity index (χ3n) is 4.88. The molecule has 1 atom stereocenters. The second-order valence-electron chi connectivity index (χ2n) is 7.00. The zero-order valence-corrected chi connectivity index (χ0v) is 18.2. The molecule has 4 nitrogen and oxygen atoms in total. The maximum absolute atomic E-state index is 13.0. The predicted molar refractivity (Wildman–Crippen MR) is 118 cm³/mol. The van der Waals surface area contributed by atoms with E-state index in [1.807, 2.05) is 31.2 Å². The molecule has 0 spiro atoms. The van der Waals surface area contributed by atoms with Crippen molar-refractivity contribution < 1.29 is 9.53 Å². The van der Waals surface area contributed by atoms with E-state index in [0.29, 0.717) is 17.6 Å². The first-order chi connectivity index (χ1) is 13.5. The van der Waals surface area contributed by atoms with Crippen LogP contribution in [0.5, 0.6) is 0 Å². The van der Waals surface area contributed by atoms with Crippen LogP contribution < -0.4 is 10.2 Å². The third kappa shape index (κ3) is 5.02. The van der Waals surface area contributed by atoms with Crippen molar-refractivity contribution in [1.82, 2.24) is 5.32 Å². The molecule has 3 rings (SSSR count). The van der Waals surface area contributed by atoms with Gasteiger partial charge in [0.15, 0.2) is 0 Å². The number of halogens is 1. The molecule has 150 valence electrons. The molecule has 1 fully saturated rings. The Hall–Kier alpha value is -1.69. The molecule has 0 saturated carbocycles. The number of morpholine rings is 1. The van der Waals surface area contributed by atoms with Gasteiger partial charge in [-0.1, -0.05) is 30.7 Å². The third-order valence-corrected chi connectivity index (χ3v) is 6.05. The van der Waals surface area contributed by atoms with Gasteiger partial charge in [-0.25, -0.2) is 0 Å². The summed E-state index contributed by atoms with van der Waals surface area (Å²) in [5, 5.41) is 3.75. The summed E-state index contributed by atoms with van der Waals surface area (Å²) in [6, 6.07) is 12.1. The van der Waals surface area contributed by atoms with Gasteiger partial charge >= 0.3 is 0 Å². The summed E-state index contributed by atoms with van der Waals surface area (Å²) in [7, 11) is 0. The molecule has 1 N–H and O–H groups in total. The van der Waals surface area contributed by atoms with Crippen molar-refractivity contribution in [3.05, 3.63) is 58.1 Å². The Labute approximate surface area is 176 Å². The number of hydrogen-bond donors (Lipinski definition) is 1. The average Bonchev–Trinajstić information content (AvgIpc) is 2.67. The lowest BCUT2D eigenvalue weighted by Gasteiger charge is -2.36. The van der Waals surface area contributed by atoms with Crippen molar-refractivity contribution in [2.45, 2.75) is 38.3 Å². The van der Waals surface area contributed by atoms with E-state index in [0.717, 1.165) is 47.1 Å². The Bertz CT molecular complexity index is 826. The van der Waals surface area contributed by atoms with Crippen molar-refractivity contribution in [3.63, 3.8) is 0 Å². The molecule has 2 aromatic carbocycles. The Morgan fingerprint density at radius 2 is 2.07 bits per heavy atom. The average molecular weight is 419 g/mol. The minimum atomic E-state index is -0.0371. The molecule has 0 radical (unpaired) electrons. The summed E-state index contributed by atoms with van der Waals surface area (Å²) in [5.74, 6) is 0.879. The lowest BCUT2D eigenvalue weighted by atomic mass is 10.0. The molecule has 1 heterocycles. The molecule has 2 aromatic rings. The van der Waals surface area contributed by atoms with Crippen LogP contribution in [0, 0.1) is 6.92 Å². The first kappa shape index (κ1) is 21.0. The molecule has 0 bridgehead atoms. The van der Waals surface area contributed by atoms with Crippen molar-refractivity contribution in [3.8, 4) is 0 Å². The summed E-state index contributed by atoms with van der Waals surface area (Å²) >= 11 is 7.64. The van der Waals surface area contributed by atoms with Crippen LogP contribution in [-0.2, 0) is 11.3 Å². The number of carbonyl (C=O) groups excluding carboxylic acids is 1. The quantitative estimate of drug-likeness (QED) is 0.676. The van der Waals surface area contributed by atoms with Gasteiger partial charge in [0.1, 0.15) is 0 Å². The van der Waals surface area contributed by atoms with E-state index in [4.69, 9.17) is 16.3 Å². The van der Waals surface area contributed by atoms with Crippen molar-refractivity contribution in [2.24, 2.45) is 0 Å². The highest BCUT2D eigenvalue weighted by molar-refractivity contribution is 7.99. The topological polar surface area (TPSA) is 41.6 Å². The van der Waals surface area contributed by atoms with Gasteiger partial charge in [0.2, 0.25) is 0 Å². The first-order valence-corrected chi connectivity index (χ1v) is 11.0. The van der Waals surface area contributed by atoms with E-state index in [1.165, 1.54) is 5.69 Å². The standard InChI is InChI=1S/C22H27ClN2O2S/c1-4-28-20-12-19(25-9-10-27-14-16(25)3)11-15(2)21(20)22(26)24-13-17-5-7-18(23)8-6-17/h5-8,11-12,16H,4,9-10,13-14H2,1-3H3,(H,24,26)/t16-/m1/s1. The maximum atomic E-state index is 13.0. The van der Waals surface area contributed by atoms with E-state index in [9.17, 15) is 4.79 Å². The molecule has 28 heavy (non-hydrogen) atoms. The zero-order chi connectivity index (χ0) is 20.1. The van der Waals surface area contributed by atoms with E-state index < -0.39 is 0 Å². The van der Waals surface area contributed by atoms with Gasteiger partial charge in [-0.05, 0) is 55.0 Å². The summed E-state index contributed by atoms with van der Waals surface area (Å²) < 4.78 is 5.57. The van der Waals surface area contributed by atoms with Crippen LogP contribution in [0.25, 0.3) is 0 Å². The molecule has 0 unspecified atom stereocenters. The first-order valence-electron chi connectivity index (χ1n) is 9.64. The lowest BCUT2D eigenvalue weighted by molar-refractivity contribution is 0.0946. The van der Waals surface area contributed by atoms with Gasteiger partial charge in [0, 0.05) is 34.7 Å². The molecule has 1 aliphatic heterocycles. The number of nitrogens with one attached hydrogen (secondary N) is 1.